The van der Waals surface area contributed by atoms with E-state index < -0.39 is 0 Å². The number of nitrogens with zero attached hydrogens (tertiary/aromatic N) is 4. The fraction of sp³-hybridized carbons (Fsp3) is 0.545. The van der Waals surface area contributed by atoms with Gasteiger partial charge in [-0.25, -0.2) is 9.97 Å². The lowest BCUT2D eigenvalue weighted by atomic mass is 10.3. The third-order valence-corrected chi connectivity index (χ3v) is 2.36. The smallest absolute Gasteiger partial charge is 0.226 e. The van der Waals surface area contributed by atoms with Gasteiger partial charge in [-0.3, -0.25) is 0 Å². The Labute approximate surface area is 106 Å². The van der Waals surface area contributed by atoms with Gasteiger partial charge in [0.15, 0.2) is 5.84 Å². The van der Waals surface area contributed by atoms with E-state index >= 15 is 0 Å². The summed E-state index contributed by atoms with van der Waals surface area (Å²) in [5, 5.41) is 20.6. The van der Waals surface area contributed by atoms with Gasteiger partial charge in [0, 0.05) is 18.8 Å². The first-order valence-electron chi connectivity index (χ1n) is 5.81. The summed E-state index contributed by atoms with van der Waals surface area (Å²) in [5.41, 5.74) is 6.62. The number of hydrogen-bond acceptors (Lipinski definition) is 6. The number of rotatable bonds is 6. The average Bonchev–Trinajstić information content (AvgIpc) is 2.36. The molecule has 18 heavy (non-hydrogen) atoms. The highest BCUT2D eigenvalue weighted by molar-refractivity contribution is 5.95. The molecule has 0 aliphatic heterocycles. The van der Waals surface area contributed by atoms with Crippen LogP contribution in [0, 0.1) is 6.92 Å². The number of anilines is 1. The third kappa shape index (κ3) is 3.56. The summed E-state index contributed by atoms with van der Waals surface area (Å²) in [6.45, 7) is 5.05. The summed E-state index contributed by atoms with van der Waals surface area (Å²) < 4.78 is 0. The maximum Gasteiger partial charge on any atom is 0.226 e. The Hall–Kier alpha value is -1.89. The molecule has 0 aromatic carbocycles. The largest absolute Gasteiger partial charge is 0.409 e. The van der Waals surface area contributed by atoms with Crippen LogP contribution in [0.3, 0.4) is 0 Å². The van der Waals surface area contributed by atoms with Gasteiger partial charge in [-0.1, -0.05) is 12.1 Å². The Balaban J connectivity index is 3.10. The van der Waals surface area contributed by atoms with Crippen LogP contribution in [0.2, 0.25) is 0 Å². The van der Waals surface area contributed by atoms with E-state index in [-0.39, 0.29) is 12.4 Å². The van der Waals surface area contributed by atoms with Crippen LogP contribution >= 0.6 is 0 Å². The first-order chi connectivity index (χ1) is 8.62. The predicted octanol–water partition coefficient (Wildman–Crippen LogP) is 0.0882. The molecule has 0 aliphatic carbocycles. The van der Waals surface area contributed by atoms with E-state index in [1.807, 2.05) is 18.7 Å². The Bertz CT molecular complexity index is 416. The van der Waals surface area contributed by atoms with E-state index in [4.69, 9.17) is 16.0 Å². The van der Waals surface area contributed by atoms with Crippen LogP contribution in [0.1, 0.15) is 24.7 Å². The van der Waals surface area contributed by atoms with Crippen molar-refractivity contribution in [3.8, 4) is 0 Å². The molecule has 7 nitrogen and oxygen atoms in total. The van der Waals surface area contributed by atoms with Gasteiger partial charge in [0.2, 0.25) is 5.95 Å². The molecule has 100 valence electrons. The number of aliphatic hydroxyl groups excluding tert-OH is 1. The number of amidine groups is 1. The van der Waals surface area contributed by atoms with E-state index in [1.54, 1.807) is 6.07 Å². The molecule has 4 N–H and O–H groups in total. The summed E-state index contributed by atoms with van der Waals surface area (Å²) >= 11 is 0. The average molecular weight is 253 g/mol. The zero-order valence-corrected chi connectivity index (χ0v) is 10.7. The van der Waals surface area contributed by atoms with Gasteiger partial charge >= 0.3 is 0 Å². The van der Waals surface area contributed by atoms with Crippen molar-refractivity contribution in [3.05, 3.63) is 17.5 Å². The lowest BCUT2D eigenvalue weighted by Gasteiger charge is -2.21. The molecule has 0 fully saturated rings. The minimum absolute atomic E-state index is 0.0240. The minimum atomic E-state index is -0.0535. The number of aryl methyl sites for hydroxylation is 1. The van der Waals surface area contributed by atoms with Gasteiger partial charge in [0.05, 0.1) is 6.61 Å². The van der Waals surface area contributed by atoms with Gasteiger partial charge in [-0.2, -0.15) is 0 Å². The fourth-order valence-electron chi connectivity index (χ4n) is 1.58. The molecule has 7 heteroatoms. The van der Waals surface area contributed by atoms with Gasteiger partial charge in [0.25, 0.3) is 0 Å². The number of hydrogen-bond donors (Lipinski definition) is 3. The molecule has 1 rings (SSSR count). The van der Waals surface area contributed by atoms with E-state index in [0.29, 0.717) is 18.2 Å². The van der Waals surface area contributed by atoms with Crippen LogP contribution in [0.15, 0.2) is 11.2 Å². The normalized spacial score (nSPS) is 11.6. The monoisotopic (exact) mass is 253 g/mol. The van der Waals surface area contributed by atoms with E-state index in [9.17, 15) is 0 Å². The molecule has 0 radical (unpaired) electrons. The van der Waals surface area contributed by atoms with Gasteiger partial charge in [-0.05, 0) is 19.4 Å². The van der Waals surface area contributed by atoms with Crippen LogP contribution in [-0.4, -0.2) is 45.8 Å². The molecule has 0 spiro atoms. The topological polar surface area (TPSA) is 108 Å². The second-order valence-electron chi connectivity index (χ2n) is 3.89. The van der Waals surface area contributed by atoms with Crippen molar-refractivity contribution in [1.82, 2.24) is 9.97 Å². The molecule has 0 atom stereocenters. The SMILES string of the molecule is CCCN(CCO)c1nc(C)cc(/C(N)=N/O)n1. The summed E-state index contributed by atoms with van der Waals surface area (Å²) in [5.74, 6) is 0.426. The fourth-order valence-corrected chi connectivity index (χ4v) is 1.58. The van der Waals surface area contributed by atoms with Gasteiger partial charge in [0.1, 0.15) is 5.69 Å². The van der Waals surface area contributed by atoms with Crippen LogP contribution in [0.25, 0.3) is 0 Å². The molecular weight excluding hydrogens is 234 g/mol. The molecule has 0 aliphatic rings. The summed E-state index contributed by atoms with van der Waals surface area (Å²) in [6.07, 6.45) is 0.913. The molecule has 1 aromatic rings. The zero-order valence-electron chi connectivity index (χ0n) is 10.7. The van der Waals surface area contributed by atoms with Crippen molar-refractivity contribution >= 4 is 11.8 Å². The van der Waals surface area contributed by atoms with Crippen LogP contribution in [-0.2, 0) is 0 Å². The first kappa shape index (κ1) is 14.2. The van der Waals surface area contributed by atoms with Crippen molar-refractivity contribution in [2.45, 2.75) is 20.3 Å². The first-order valence-corrected chi connectivity index (χ1v) is 5.81. The maximum atomic E-state index is 9.03. The zero-order chi connectivity index (χ0) is 13.5. The van der Waals surface area contributed by atoms with Gasteiger partial charge in [-0.15, -0.1) is 0 Å². The summed E-state index contributed by atoms with van der Waals surface area (Å²) in [7, 11) is 0. The number of aromatic nitrogens is 2. The molecule has 0 amide bonds. The molecule has 0 saturated carbocycles. The summed E-state index contributed by atoms with van der Waals surface area (Å²) in [6, 6.07) is 1.64. The van der Waals surface area contributed by atoms with Gasteiger partial charge < -0.3 is 20.9 Å². The Morgan fingerprint density at radius 3 is 2.72 bits per heavy atom. The number of oxime groups is 1. The van der Waals surface area contributed by atoms with E-state index in [2.05, 4.69) is 15.1 Å². The Morgan fingerprint density at radius 1 is 1.44 bits per heavy atom. The lowest BCUT2D eigenvalue weighted by molar-refractivity contribution is 0.301. The highest BCUT2D eigenvalue weighted by Gasteiger charge is 2.12. The van der Waals surface area contributed by atoms with Crippen molar-refractivity contribution < 1.29 is 10.3 Å². The van der Waals surface area contributed by atoms with Crippen LogP contribution in [0.5, 0.6) is 0 Å². The van der Waals surface area contributed by atoms with Crippen LogP contribution in [0.4, 0.5) is 5.95 Å². The maximum absolute atomic E-state index is 9.03. The molecular formula is C11H19N5O2. The van der Waals surface area contributed by atoms with Crippen LogP contribution < -0.4 is 10.6 Å². The van der Waals surface area contributed by atoms with E-state index in [1.165, 1.54) is 0 Å². The molecule has 0 bridgehead atoms. The standard InChI is InChI=1S/C11H19N5O2/c1-3-4-16(5-6-17)11-13-8(2)7-9(14-11)10(12)15-18/h7,17-18H,3-6H2,1-2H3,(H2,12,15). The lowest BCUT2D eigenvalue weighted by Crippen LogP contribution is -2.30. The highest BCUT2D eigenvalue weighted by Crippen LogP contribution is 2.10. The molecule has 1 heterocycles. The van der Waals surface area contributed by atoms with Crippen molar-refractivity contribution in [2.75, 3.05) is 24.6 Å². The van der Waals surface area contributed by atoms with E-state index in [0.717, 1.165) is 18.7 Å². The predicted molar refractivity (Wildman–Crippen MR) is 68.9 cm³/mol. The Morgan fingerprint density at radius 2 is 2.17 bits per heavy atom. The summed E-state index contributed by atoms with van der Waals surface area (Å²) in [4.78, 5) is 10.4. The quantitative estimate of drug-likeness (QED) is 0.287. The minimum Gasteiger partial charge on any atom is -0.409 e. The third-order valence-electron chi connectivity index (χ3n) is 2.36. The second-order valence-corrected chi connectivity index (χ2v) is 3.89. The van der Waals surface area contributed by atoms with Crippen molar-refractivity contribution in [3.63, 3.8) is 0 Å². The number of aliphatic hydroxyl groups is 1. The highest BCUT2D eigenvalue weighted by atomic mass is 16.4. The van der Waals surface area contributed by atoms with Crippen molar-refractivity contribution in [1.29, 1.82) is 0 Å². The molecule has 0 saturated heterocycles. The number of nitrogens with two attached hydrogens (primary N) is 1. The Kier molecular flexibility index (Phi) is 5.31. The molecule has 0 unspecified atom stereocenters. The second kappa shape index (κ2) is 6.75. The van der Waals surface area contributed by atoms with Crippen molar-refractivity contribution in [2.24, 2.45) is 10.9 Å². The molecule has 1 aromatic heterocycles.